The number of hydrogen-bond donors (Lipinski definition) is 1. The van der Waals surface area contributed by atoms with E-state index in [1.165, 1.54) is 7.11 Å². The normalized spacial score (nSPS) is 9.93. The Bertz CT molecular complexity index is 458. The van der Waals surface area contributed by atoms with Crippen molar-refractivity contribution in [3.05, 3.63) is 30.6 Å². The van der Waals surface area contributed by atoms with Crippen LogP contribution in [0.4, 0.5) is 5.69 Å². The summed E-state index contributed by atoms with van der Waals surface area (Å²) in [6, 6.07) is 5.58. The summed E-state index contributed by atoms with van der Waals surface area (Å²) >= 11 is 0. The van der Waals surface area contributed by atoms with Crippen molar-refractivity contribution in [3.8, 4) is 17.1 Å². The molecule has 5 nitrogen and oxygen atoms in total. The Kier molecular flexibility index (Phi) is 2.45. The first-order valence-corrected chi connectivity index (χ1v) is 4.39. The zero-order valence-electron chi connectivity index (χ0n) is 8.21. The Morgan fingerprint density at radius 3 is 2.87 bits per heavy atom. The summed E-state index contributed by atoms with van der Waals surface area (Å²) in [7, 11) is 1.50. The minimum atomic E-state index is 0.318. The highest BCUT2D eigenvalue weighted by molar-refractivity contribution is 5.75. The van der Waals surface area contributed by atoms with Crippen LogP contribution in [0.3, 0.4) is 0 Å². The van der Waals surface area contributed by atoms with Crippen LogP contribution in [0.1, 0.15) is 0 Å². The van der Waals surface area contributed by atoms with Gasteiger partial charge in [0.15, 0.2) is 0 Å². The lowest BCUT2D eigenvalue weighted by molar-refractivity contribution is 0.394. The molecule has 0 radical (unpaired) electrons. The van der Waals surface area contributed by atoms with Crippen LogP contribution in [0.2, 0.25) is 0 Å². The summed E-state index contributed by atoms with van der Waals surface area (Å²) < 4.78 is 4.98. The molecular formula is C10H10N4O. The van der Waals surface area contributed by atoms with Crippen molar-refractivity contribution >= 4 is 5.69 Å². The number of anilines is 1. The molecule has 2 heterocycles. The quantitative estimate of drug-likeness (QED) is 0.790. The molecule has 0 unspecified atom stereocenters. The number of methoxy groups -OCH3 is 1. The molecule has 2 aromatic heterocycles. The highest BCUT2D eigenvalue weighted by Gasteiger charge is 2.09. The van der Waals surface area contributed by atoms with E-state index < -0.39 is 0 Å². The molecule has 0 bridgehead atoms. The van der Waals surface area contributed by atoms with E-state index in [9.17, 15) is 0 Å². The maximum Gasteiger partial charge on any atom is 0.257 e. The third-order valence-corrected chi connectivity index (χ3v) is 1.99. The zero-order valence-corrected chi connectivity index (χ0v) is 8.21. The van der Waals surface area contributed by atoms with Gasteiger partial charge in [-0.1, -0.05) is 6.07 Å². The Morgan fingerprint density at radius 2 is 2.20 bits per heavy atom. The Hall–Kier alpha value is -2.17. The van der Waals surface area contributed by atoms with Gasteiger partial charge in [0.05, 0.1) is 19.0 Å². The van der Waals surface area contributed by atoms with Gasteiger partial charge in [-0.25, -0.2) is 0 Å². The standard InChI is InChI=1S/C10H10N4O/c1-15-10-9(11)7(6-13-14-10)8-4-2-3-5-12-8/h2-6H,1H3,(H2,11,13). The fourth-order valence-electron chi connectivity index (χ4n) is 1.25. The summed E-state index contributed by atoms with van der Waals surface area (Å²) in [6.07, 6.45) is 3.27. The number of nitrogens with zero attached hydrogens (tertiary/aromatic N) is 3. The molecule has 2 N–H and O–H groups in total. The molecule has 5 heteroatoms. The second-order valence-electron chi connectivity index (χ2n) is 2.90. The van der Waals surface area contributed by atoms with E-state index in [2.05, 4.69) is 15.2 Å². The number of ether oxygens (including phenoxy) is 1. The van der Waals surface area contributed by atoms with Gasteiger partial charge in [0.1, 0.15) is 5.69 Å². The minimum Gasteiger partial charge on any atom is -0.478 e. The molecule has 0 saturated carbocycles. The van der Waals surface area contributed by atoms with E-state index in [0.29, 0.717) is 11.6 Å². The molecular weight excluding hydrogens is 192 g/mol. The Morgan fingerprint density at radius 1 is 1.33 bits per heavy atom. The summed E-state index contributed by atoms with van der Waals surface area (Å²) in [5.41, 5.74) is 7.79. The topological polar surface area (TPSA) is 73.9 Å². The Balaban J connectivity index is 2.54. The zero-order chi connectivity index (χ0) is 10.7. The van der Waals surface area contributed by atoms with Crippen molar-refractivity contribution in [1.82, 2.24) is 15.2 Å². The fraction of sp³-hybridized carbons (Fsp3) is 0.100. The van der Waals surface area contributed by atoms with Crippen molar-refractivity contribution in [1.29, 1.82) is 0 Å². The molecule has 0 aliphatic heterocycles. The number of hydrogen-bond acceptors (Lipinski definition) is 5. The van der Waals surface area contributed by atoms with E-state index >= 15 is 0 Å². The predicted molar refractivity (Wildman–Crippen MR) is 56.2 cm³/mol. The number of aromatic nitrogens is 3. The highest BCUT2D eigenvalue weighted by Crippen LogP contribution is 2.28. The first-order valence-electron chi connectivity index (χ1n) is 4.39. The molecule has 0 amide bonds. The van der Waals surface area contributed by atoms with E-state index in [1.54, 1.807) is 12.4 Å². The average Bonchev–Trinajstić information content (AvgIpc) is 2.30. The molecule has 0 aliphatic rings. The maximum absolute atomic E-state index is 5.86. The first kappa shape index (κ1) is 9.39. The second-order valence-corrected chi connectivity index (χ2v) is 2.90. The number of nitrogen functional groups attached to an aromatic ring is 1. The lowest BCUT2D eigenvalue weighted by atomic mass is 10.2. The lowest BCUT2D eigenvalue weighted by Crippen LogP contribution is -2.00. The van der Waals surface area contributed by atoms with Gasteiger partial charge in [-0.15, -0.1) is 5.10 Å². The van der Waals surface area contributed by atoms with Crippen LogP contribution >= 0.6 is 0 Å². The van der Waals surface area contributed by atoms with Crippen molar-refractivity contribution in [3.63, 3.8) is 0 Å². The Labute approximate surface area is 86.9 Å². The van der Waals surface area contributed by atoms with Crippen LogP contribution in [-0.2, 0) is 0 Å². The maximum atomic E-state index is 5.86. The fourth-order valence-corrected chi connectivity index (χ4v) is 1.25. The first-order chi connectivity index (χ1) is 7.33. The van der Waals surface area contributed by atoms with E-state index in [4.69, 9.17) is 10.5 Å². The molecule has 0 atom stereocenters. The monoisotopic (exact) mass is 202 g/mol. The molecule has 0 fully saturated rings. The van der Waals surface area contributed by atoms with Gasteiger partial charge in [-0.2, -0.15) is 5.10 Å². The predicted octanol–water partition coefficient (Wildman–Crippen LogP) is 1.13. The third-order valence-electron chi connectivity index (χ3n) is 1.99. The van der Waals surface area contributed by atoms with Gasteiger partial charge in [0.2, 0.25) is 0 Å². The van der Waals surface area contributed by atoms with Crippen LogP contribution < -0.4 is 10.5 Å². The molecule has 0 spiro atoms. The van der Waals surface area contributed by atoms with Crippen molar-refractivity contribution < 1.29 is 4.74 Å². The van der Waals surface area contributed by atoms with Gasteiger partial charge < -0.3 is 10.5 Å². The summed E-state index contributed by atoms with van der Waals surface area (Å²) in [5, 5.41) is 7.56. The number of nitrogens with two attached hydrogens (primary N) is 1. The van der Waals surface area contributed by atoms with E-state index in [0.717, 1.165) is 11.3 Å². The van der Waals surface area contributed by atoms with Crippen LogP contribution in [0.5, 0.6) is 5.88 Å². The van der Waals surface area contributed by atoms with Crippen LogP contribution in [0.25, 0.3) is 11.3 Å². The summed E-state index contributed by atoms with van der Waals surface area (Å²) in [5.74, 6) is 0.318. The summed E-state index contributed by atoms with van der Waals surface area (Å²) in [6.45, 7) is 0. The minimum absolute atomic E-state index is 0.318. The van der Waals surface area contributed by atoms with Gasteiger partial charge in [-0.05, 0) is 12.1 Å². The second kappa shape index (κ2) is 3.91. The molecule has 76 valence electrons. The molecule has 0 aliphatic carbocycles. The van der Waals surface area contributed by atoms with Crippen molar-refractivity contribution in [2.24, 2.45) is 0 Å². The molecule has 0 aromatic carbocycles. The number of rotatable bonds is 2. The molecule has 2 aromatic rings. The smallest absolute Gasteiger partial charge is 0.257 e. The SMILES string of the molecule is COc1nncc(-c2ccccn2)c1N. The van der Waals surface area contributed by atoms with Gasteiger partial charge in [-0.3, -0.25) is 4.98 Å². The van der Waals surface area contributed by atoms with Gasteiger partial charge >= 0.3 is 0 Å². The molecule has 15 heavy (non-hydrogen) atoms. The van der Waals surface area contributed by atoms with Crippen molar-refractivity contribution in [2.45, 2.75) is 0 Å². The largest absolute Gasteiger partial charge is 0.478 e. The van der Waals surface area contributed by atoms with Crippen LogP contribution in [0, 0.1) is 0 Å². The lowest BCUT2D eigenvalue weighted by Gasteiger charge is -2.06. The van der Waals surface area contributed by atoms with E-state index in [-0.39, 0.29) is 0 Å². The highest BCUT2D eigenvalue weighted by atomic mass is 16.5. The summed E-state index contributed by atoms with van der Waals surface area (Å²) in [4.78, 5) is 4.18. The van der Waals surface area contributed by atoms with E-state index in [1.807, 2.05) is 18.2 Å². The van der Waals surface area contributed by atoms with Gasteiger partial charge in [0, 0.05) is 11.8 Å². The van der Waals surface area contributed by atoms with Crippen LogP contribution in [-0.4, -0.2) is 22.3 Å². The van der Waals surface area contributed by atoms with Crippen molar-refractivity contribution in [2.75, 3.05) is 12.8 Å². The average molecular weight is 202 g/mol. The number of pyridine rings is 1. The molecule has 2 rings (SSSR count). The van der Waals surface area contributed by atoms with Gasteiger partial charge in [0.25, 0.3) is 5.88 Å². The third kappa shape index (κ3) is 1.71. The van der Waals surface area contributed by atoms with Crippen LogP contribution in [0.15, 0.2) is 30.6 Å². The molecule has 0 saturated heterocycles.